The van der Waals surface area contributed by atoms with Crippen LogP contribution in [0.1, 0.15) is 11.1 Å². The molecule has 3 aromatic carbocycles. The summed E-state index contributed by atoms with van der Waals surface area (Å²) in [5, 5.41) is 11.4. The van der Waals surface area contributed by atoms with Crippen LogP contribution in [0.3, 0.4) is 0 Å². The van der Waals surface area contributed by atoms with Crippen molar-refractivity contribution >= 4 is 22.8 Å². The van der Waals surface area contributed by atoms with Gasteiger partial charge in [-0.3, -0.25) is 0 Å². The summed E-state index contributed by atoms with van der Waals surface area (Å²) in [4.78, 5) is 11.8. The average Bonchev–Trinajstić information content (AvgIpc) is 2.59. The Hall–Kier alpha value is -3.07. The number of carbonyl (C=O) groups excluding carboxylic acids is 1. The maximum Gasteiger partial charge on any atom is 0.331 e. The predicted molar refractivity (Wildman–Crippen MR) is 90.9 cm³/mol. The molecule has 0 saturated carbocycles. The Kier molecular flexibility index (Phi) is 4.39. The summed E-state index contributed by atoms with van der Waals surface area (Å²) < 4.78 is 5.19. The van der Waals surface area contributed by atoms with Crippen LogP contribution < -0.4 is 0 Å². The van der Waals surface area contributed by atoms with Crippen molar-refractivity contribution in [1.29, 1.82) is 0 Å². The number of esters is 1. The van der Waals surface area contributed by atoms with Crippen molar-refractivity contribution in [2.45, 2.75) is 6.61 Å². The Bertz CT molecular complexity index is 851. The van der Waals surface area contributed by atoms with Crippen LogP contribution >= 0.6 is 0 Å². The summed E-state index contributed by atoms with van der Waals surface area (Å²) >= 11 is 0. The molecule has 0 radical (unpaired) electrons. The molecule has 0 spiro atoms. The fourth-order valence-electron chi connectivity index (χ4n) is 2.30. The number of phenolic OH excluding ortho intramolecular Hbond substituents is 1. The van der Waals surface area contributed by atoms with E-state index in [0.717, 1.165) is 21.9 Å². The highest BCUT2D eigenvalue weighted by Gasteiger charge is 2.00. The van der Waals surface area contributed by atoms with E-state index < -0.39 is 0 Å². The molecule has 0 saturated heterocycles. The first-order valence-electron chi connectivity index (χ1n) is 7.32. The highest BCUT2D eigenvalue weighted by atomic mass is 16.5. The van der Waals surface area contributed by atoms with Crippen molar-refractivity contribution in [1.82, 2.24) is 0 Å². The number of ether oxygens (including phenoxy) is 1. The molecule has 0 aromatic heterocycles. The van der Waals surface area contributed by atoms with E-state index in [1.165, 1.54) is 6.08 Å². The van der Waals surface area contributed by atoms with Gasteiger partial charge in [0, 0.05) is 6.08 Å². The van der Waals surface area contributed by atoms with Gasteiger partial charge in [-0.25, -0.2) is 4.79 Å². The number of hydrogen-bond acceptors (Lipinski definition) is 3. The second-order valence-corrected chi connectivity index (χ2v) is 5.22. The van der Waals surface area contributed by atoms with E-state index in [9.17, 15) is 9.90 Å². The molecule has 0 bridgehead atoms. The highest BCUT2D eigenvalue weighted by Crippen LogP contribution is 2.21. The minimum Gasteiger partial charge on any atom is -0.508 e. The van der Waals surface area contributed by atoms with Crippen molar-refractivity contribution in [3.05, 3.63) is 83.9 Å². The molecule has 0 amide bonds. The van der Waals surface area contributed by atoms with Crippen LogP contribution in [-0.2, 0) is 16.1 Å². The number of rotatable bonds is 4. The SMILES string of the molecule is O=C(C=Cc1ccc2cc(O)ccc2c1)OCc1ccccc1. The monoisotopic (exact) mass is 304 g/mol. The van der Waals surface area contributed by atoms with Gasteiger partial charge < -0.3 is 9.84 Å². The molecule has 1 N–H and O–H groups in total. The number of hydrogen-bond donors (Lipinski definition) is 1. The van der Waals surface area contributed by atoms with Crippen LogP contribution in [0.25, 0.3) is 16.8 Å². The van der Waals surface area contributed by atoms with Gasteiger partial charge in [0.25, 0.3) is 0 Å². The number of phenols is 1. The maximum absolute atomic E-state index is 11.8. The minimum atomic E-state index is -0.375. The van der Waals surface area contributed by atoms with Gasteiger partial charge in [-0.2, -0.15) is 0 Å². The normalized spacial score (nSPS) is 11.0. The molecule has 0 atom stereocenters. The molecule has 0 heterocycles. The molecule has 3 aromatic rings. The Morgan fingerprint density at radius 1 is 0.957 bits per heavy atom. The number of fused-ring (bicyclic) bond motifs is 1. The first-order chi connectivity index (χ1) is 11.2. The van der Waals surface area contributed by atoms with Crippen LogP contribution in [0.2, 0.25) is 0 Å². The molecule has 3 heteroatoms. The molecular formula is C20H16O3. The molecule has 0 aliphatic carbocycles. The molecule has 0 fully saturated rings. The second kappa shape index (κ2) is 6.79. The lowest BCUT2D eigenvalue weighted by atomic mass is 10.1. The maximum atomic E-state index is 11.8. The molecule has 3 nitrogen and oxygen atoms in total. The molecule has 0 unspecified atom stereocenters. The minimum absolute atomic E-state index is 0.241. The summed E-state index contributed by atoms with van der Waals surface area (Å²) in [6, 6.07) is 20.5. The summed E-state index contributed by atoms with van der Waals surface area (Å²) in [6.07, 6.45) is 3.14. The van der Waals surface area contributed by atoms with E-state index in [0.29, 0.717) is 0 Å². The van der Waals surface area contributed by atoms with Crippen molar-refractivity contribution in [3.63, 3.8) is 0 Å². The third-order valence-electron chi connectivity index (χ3n) is 3.48. The lowest BCUT2D eigenvalue weighted by Crippen LogP contribution is -2.00. The van der Waals surface area contributed by atoms with Gasteiger partial charge in [0.05, 0.1) is 0 Å². The second-order valence-electron chi connectivity index (χ2n) is 5.22. The van der Waals surface area contributed by atoms with Crippen molar-refractivity contribution in [2.24, 2.45) is 0 Å². The standard InChI is InChI=1S/C20H16O3/c21-19-10-9-17-12-15(6-8-18(17)13-19)7-11-20(22)23-14-16-4-2-1-3-5-16/h1-13,21H,14H2. The number of carbonyl (C=O) groups is 1. The molecule has 0 aliphatic rings. The van der Waals surface area contributed by atoms with Crippen LogP contribution in [0.15, 0.2) is 72.8 Å². The van der Waals surface area contributed by atoms with Crippen LogP contribution in [-0.4, -0.2) is 11.1 Å². The third-order valence-corrected chi connectivity index (χ3v) is 3.48. The molecule has 23 heavy (non-hydrogen) atoms. The molecule has 3 rings (SSSR count). The Morgan fingerprint density at radius 3 is 2.52 bits per heavy atom. The Morgan fingerprint density at radius 2 is 1.70 bits per heavy atom. The van der Waals surface area contributed by atoms with Gasteiger partial charge in [0.15, 0.2) is 0 Å². The smallest absolute Gasteiger partial charge is 0.331 e. The van der Waals surface area contributed by atoms with Crippen molar-refractivity contribution < 1.29 is 14.6 Å². The first kappa shape index (κ1) is 14.9. The predicted octanol–water partition coefficient (Wildman–Crippen LogP) is 4.30. The molecular weight excluding hydrogens is 288 g/mol. The van der Waals surface area contributed by atoms with Crippen LogP contribution in [0.4, 0.5) is 0 Å². The number of aromatic hydroxyl groups is 1. The lowest BCUT2D eigenvalue weighted by Gasteiger charge is -2.02. The average molecular weight is 304 g/mol. The van der Waals surface area contributed by atoms with Gasteiger partial charge in [-0.15, -0.1) is 0 Å². The van der Waals surface area contributed by atoms with E-state index in [4.69, 9.17) is 4.74 Å². The fourth-order valence-corrected chi connectivity index (χ4v) is 2.30. The van der Waals surface area contributed by atoms with Gasteiger partial charge in [0.2, 0.25) is 0 Å². The summed E-state index contributed by atoms with van der Waals surface area (Å²) in [5.41, 5.74) is 1.86. The van der Waals surface area contributed by atoms with Gasteiger partial charge >= 0.3 is 5.97 Å². The van der Waals surface area contributed by atoms with Crippen LogP contribution in [0, 0.1) is 0 Å². The Balaban J connectivity index is 1.65. The van der Waals surface area contributed by atoms with Crippen molar-refractivity contribution in [3.8, 4) is 5.75 Å². The van der Waals surface area contributed by atoms with E-state index in [1.54, 1.807) is 18.2 Å². The fraction of sp³-hybridized carbons (Fsp3) is 0.0500. The largest absolute Gasteiger partial charge is 0.508 e. The van der Waals surface area contributed by atoms with E-state index in [-0.39, 0.29) is 18.3 Å². The van der Waals surface area contributed by atoms with Gasteiger partial charge in [-0.1, -0.05) is 48.5 Å². The van der Waals surface area contributed by atoms with Gasteiger partial charge in [-0.05, 0) is 46.2 Å². The Labute approximate surface area is 134 Å². The summed E-state index contributed by atoms with van der Waals surface area (Å²) in [6.45, 7) is 0.265. The number of benzene rings is 3. The van der Waals surface area contributed by atoms with Gasteiger partial charge in [0.1, 0.15) is 12.4 Å². The zero-order chi connectivity index (χ0) is 16.1. The molecule has 114 valence electrons. The summed E-state index contributed by atoms with van der Waals surface area (Å²) in [5.74, 6) is -0.134. The third kappa shape index (κ3) is 3.98. The first-order valence-corrected chi connectivity index (χ1v) is 7.32. The van der Waals surface area contributed by atoms with Crippen molar-refractivity contribution in [2.75, 3.05) is 0 Å². The van der Waals surface area contributed by atoms with Crippen LogP contribution in [0.5, 0.6) is 5.75 Å². The topological polar surface area (TPSA) is 46.5 Å². The zero-order valence-corrected chi connectivity index (χ0v) is 12.5. The van der Waals surface area contributed by atoms with E-state index in [1.807, 2.05) is 54.6 Å². The summed E-state index contributed by atoms with van der Waals surface area (Å²) in [7, 11) is 0. The lowest BCUT2D eigenvalue weighted by molar-refractivity contribution is -0.138. The van der Waals surface area contributed by atoms with E-state index in [2.05, 4.69) is 0 Å². The highest BCUT2D eigenvalue weighted by molar-refractivity contribution is 5.90. The molecule has 0 aliphatic heterocycles. The van der Waals surface area contributed by atoms with E-state index >= 15 is 0 Å². The quantitative estimate of drug-likeness (QED) is 0.577. The zero-order valence-electron chi connectivity index (χ0n) is 12.5.